The van der Waals surface area contributed by atoms with Crippen molar-refractivity contribution in [1.29, 1.82) is 0 Å². The number of aryl methyl sites for hydroxylation is 2. The molecule has 4 aliphatic carbocycles. The number of rotatable bonds is 5. The van der Waals surface area contributed by atoms with Gasteiger partial charge in [-0.25, -0.2) is 4.98 Å². The average molecular weight is 504 g/mol. The summed E-state index contributed by atoms with van der Waals surface area (Å²) in [7, 11) is 0. The number of aromatic hydroxyl groups is 1. The lowest BCUT2D eigenvalue weighted by atomic mass is 9.49. The van der Waals surface area contributed by atoms with Crippen molar-refractivity contribution < 1.29 is 14.3 Å². The SMILES string of the molecule is CCc1ccc2oc(-c3cc(NC(=S)NC(=O)CC45CC6CC(CC(C6)C4)C5)cc(C)c3O)nc2c1. The molecule has 1 amide bonds. The molecular weight excluding hydrogens is 470 g/mol. The van der Waals surface area contributed by atoms with E-state index >= 15 is 0 Å². The van der Waals surface area contributed by atoms with Gasteiger partial charge in [0.05, 0.1) is 5.56 Å². The Labute approximate surface area is 216 Å². The minimum atomic E-state index is -0.00384. The van der Waals surface area contributed by atoms with Crippen LogP contribution in [0.1, 0.15) is 63.0 Å². The molecule has 0 spiro atoms. The molecule has 4 bridgehead atoms. The van der Waals surface area contributed by atoms with E-state index in [9.17, 15) is 9.90 Å². The van der Waals surface area contributed by atoms with Gasteiger partial charge in [-0.15, -0.1) is 0 Å². The molecule has 0 saturated heterocycles. The predicted molar refractivity (Wildman–Crippen MR) is 145 cm³/mol. The number of benzene rings is 2. The molecule has 3 N–H and O–H groups in total. The minimum Gasteiger partial charge on any atom is -0.507 e. The second-order valence-corrected chi connectivity index (χ2v) is 11.9. The van der Waals surface area contributed by atoms with E-state index in [-0.39, 0.29) is 22.2 Å². The van der Waals surface area contributed by atoms with Crippen LogP contribution in [0.5, 0.6) is 5.75 Å². The molecule has 0 radical (unpaired) electrons. The van der Waals surface area contributed by atoms with E-state index in [1.165, 1.54) is 44.1 Å². The molecule has 4 aliphatic rings. The van der Waals surface area contributed by atoms with Gasteiger partial charge in [0.15, 0.2) is 10.7 Å². The zero-order chi connectivity index (χ0) is 25.0. The summed E-state index contributed by atoms with van der Waals surface area (Å²) >= 11 is 5.49. The first-order valence-corrected chi connectivity index (χ1v) is 13.5. The summed E-state index contributed by atoms with van der Waals surface area (Å²) in [4.78, 5) is 17.6. The fraction of sp³-hybridized carbons (Fsp3) is 0.483. The number of hydrogen-bond donors (Lipinski definition) is 3. The highest BCUT2D eigenvalue weighted by Gasteiger charge is 2.51. The second-order valence-electron chi connectivity index (χ2n) is 11.5. The van der Waals surface area contributed by atoms with Gasteiger partial charge in [0, 0.05) is 12.1 Å². The maximum absolute atomic E-state index is 13.0. The van der Waals surface area contributed by atoms with E-state index in [0.29, 0.717) is 34.7 Å². The van der Waals surface area contributed by atoms with Gasteiger partial charge in [-0.3, -0.25) is 4.79 Å². The highest BCUT2D eigenvalue weighted by Crippen LogP contribution is 2.61. The Morgan fingerprint density at radius 3 is 2.50 bits per heavy atom. The molecule has 7 heteroatoms. The first-order chi connectivity index (χ1) is 17.3. The van der Waals surface area contributed by atoms with Crippen LogP contribution >= 0.6 is 12.2 Å². The van der Waals surface area contributed by atoms with Crippen molar-refractivity contribution in [3.05, 3.63) is 41.5 Å². The van der Waals surface area contributed by atoms with Gasteiger partial charge in [0.1, 0.15) is 11.3 Å². The summed E-state index contributed by atoms with van der Waals surface area (Å²) in [5, 5.41) is 17.1. The lowest BCUT2D eigenvalue weighted by Gasteiger charge is -2.56. The van der Waals surface area contributed by atoms with Crippen molar-refractivity contribution >= 4 is 40.0 Å². The average Bonchev–Trinajstić information content (AvgIpc) is 3.22. The molecule has 6 nitrogen and oxygen atoms in total. The monoisotopic (exact) mass is 503 g/mol. The molecule has 36 heavy (non-hydrogen) atoms. The van der Waals surface area contributed by atoms with Gasteiger partial charge < -0.3 is 20.2 Å². The number of aromatic nitrogens is 1. The molecule has 188 valence electrons. The number of hydrogen-bond acceptors (Lipinski definition) is 5. The number of nitrogens with one attached hydrogen (secondary N) is 2. The first kappa shape index (κ1) is 23.5. The van der Waals surface area contributed by atoms with Crippen molar-refractivity contribution in [3.63, 3.8) is 0 Å². The van der Waals surface area contributed by atoms with E-state index in [2.05, 4.69) is 22.5 Å². The van der Waals surface area contributed by atoms with Gasteiger partial charge in [0.2, 0.25) is 11.8 Å². The molecule has 3 aromatic rings. The van der Waals surface area contributed by atoms with Gasteiger partial charge in [-0.1, -0.05) is 13.0 Å². The number of phenols is 1. The molecule has 4 saturated carbocycles. The number of amides is 1. The third-order valence-corrected chi connectivity index (χ3v) is 8.81. The minimum absolute atomic E-state index is 0.00384. The third kappa shape index (κ3) is 4.38. The van der Waals surface area contributed by atoms with Crippen LogP contribution < -0.4 is 10.6 Å². The summed E-state index contributed by atoms with van der Waals surface area (Å²) < 4.78 is 5.95. The molecule has 0 unspecified atom stereocenters. The lowest BCUT2D eigenvalue weighted by Crippen LogP contribution is -2.48. The molecule has 4 fully saturated rings. The Kier molecular flexibility index (Phi) is 5.78. The number of anilines is 1. The van der Waals surface area contributed by atoms with Crippen molar-refractivity contribution in [2.75, 3.05) is 5.32 Å². The Balaban J connectivity index is 1.16. The van der Waals surface area contributed by atoms with Crippen LogP contribution in [-0.4, -0.2) is 21.1 Å². The molecule has 0 aliphatic heterocycles. The zero-order valence-electron chi connectivity index (χ0n) is 20.9. The fourth-order valence-corrected chi connectivity index (χ4v) is 7.73. The summed E-state index contributed by atoms with van der Waals surface area (Å²) in [5.41, 5.74) is 4.58. The molecule has 7 rings (SSSR count). The summed E-state index contributed by atoms with van der Waals surface area (Å²) in [6.45, 7) is 3.91. The smallest absolute Gasteiger partial charge is 0.231 e. The largest absolute Gasteiger partial charge is 0.507 e. The summed E-state index contributed by atoms with van der Waals surface area (Å²) in [6.07, 6.45) is 9.14. The van der Waals surface area contributed by atoms with Crippen LogP contribution in [0, 0.1) is 30.1 Å². The van der Waals surface area contributed by atoms with Gasteiger partial charge in [-0.05, 0) is 123 Å². The number of carbonyl (C=O) groups is 1. The van der Waals surface area contributed by atoms with Gasteiger partial charge in [0.25, 0.3) is 0 Å². The number of thiocarbonyl (C=S) groups is 1. The molecule has 2 aromatic carbocycles. The first-order valence-electron chi connectivity index (χ1n) is 13.1. The van der Waals surface area contributed by atoms with E-state index in [0.717, 1.165) is 29.7 Å². The standard InChI is InChI=1S/C29H33N3O3S/c1-3-17-4-5-24-23(10-17)31-27(35-24)22-11-21(6-16(2)26(22)34)30-28(36)32-25(33)15-29-12-18-7-19(13-29)9-20(8-18)14-29/h4-6,10-11,18-20,34H,3,7-9,12-15H2,1-2H3,(H2,30,32,33,36). The lowest BCUT2D eigenvalue weighted by molar-refractivity contribution is -0.127. The van der Waals surface area contributed by atoms with Crippen molar-refractivity contribution in [2.45, 2.75) is 65.2 Å². The molecular formula is C29H33N3O3S. The maximum Gasteiger partial charge on any atom is 0.231 e. The molecule has 1 aromatic heterocycles. The van der Waals surface area contributed by atoms with Crippen LogP contribution in [0.2, 0.25) is 0 Å². The van der Waals surface area contributed by atoms with E-state index in [1.54, 1.807) is 12.1 Å². The quantitative estimate of drug-likeness (QED) is 0.272. The van der Waals surface area contributed by atoms with Crippen LogP contribution in [0.3, 0.4) is 0 Å². The van der Waals surface area contributed by atoms with E-state index < -0.39 is 0 Å². The topological polar surface area (TPSA) is 87.4 Å². The van der Waals surface area contributed by atoms with Crippen LogP contribution in [0.25, 0.3) is 22.6 Å². The Morgan fingerprint density at radius 2 is 1.83 bits per heavy atom. The predicted octanol–water partition coefficient (Wildman–Crippen LogP) is 6.49. The highest BCUT2D eigenvalue weighted by atomic mass is 32.1. The highest BCUT2D eigenvalue weighted by molar-refractivity contribution is 7.80. The van der Waals surface area contributed by atoms with Crippen LogP contribution in [0.4, 0.5) is 5.69 Å². The number of phenolic OH excluding ortho intramolecular Hbond substituents is 1. The zero-order valence-corrected chi connectivity index (χ0v) is 21.7. The van der Waals surface area contributed by atoms with Crippen LogP contribution in [0.15, 0.2) is 34.7 Å². The maximum atomic E-state index is 13.0. The van der Waals surface area contributed by atoms with Crippen molar-refractivity contribution in [3.8, 4) is 17.2 Å². The van der Waals surface area contributed by atoms with Gasteiger partial charge >= 0.3 is 0 Å². The second kappa shape index (κ2) is 8.87. The molecule has 0 atom stereocenters. The van der Waals surface area contributed by atoms with Crippen molar-refractivity contribution in [1.82, 2.24) is 10.3 Å². The van der Waals surface area contributed by atoms with Gasteiger partial charge in [-0.2, -0.15) is 0 Å². The molecule has 1 heterocycles. The van der Waals surface area contributed by atoms with E-state index in [4.69, 9.17) is 16.6 Å². The Morgan fingerprint density at radius 1 is 1.14 bits per heavy atom. The number of oxazole rings is 1. The normalized spacial score (nSPS) is 26.3. The number of fused-ring (bicyclic) bond motifs is 1. The number of carbonyl (C=O) groups excluding carboxylic acids is 1. The number of nitrogens with zero attached hydrogens (tertiary/aromatic N) is 1. The van der Waals surface area contributed by atoms with Crippen molar-refractivity contribution in [2.24, 2.45) is 23.2 Å². The summed E-state index contributed by atoms with van der Waals surface area (Å²) in [5.74, 6) is 2.89. The van der Waals surface area contributed by atoms with Crippen LogP contribution in [-0.2, 0) is 11.2 Å². The third-order valence-electron chi connectivity index (χ3n) is 8.60. The fourth-order valence-electron chi connectivity index (χ4n) is 7.50. The summed E-state index contributed by atoms with van der Waals surface area (Å²) in [6, 6.07) is 9.48. The van der Waals surface area contributed by atoms with E-state index in [1.807, 2.05) is 25.1 Å². The Bertz CT molecular complexity index is 1330. The Hall–Kier alpha value is -2.93.